The number of hydrogen-bond donors (Lipinski definition) is 0. The van der Waals surface area contributed by atoms with Crippen molar-refractivity contribution in [1.29, 1.82) is 0 Å². The maximum Gasteiger partial charge on any atom is 0.185 e. The van der Waals surface area contributed by atoms with Gasteiger partial charge in [0.25, 0.3) is 0 Å². The van der Waals surface area contributed by atoms with Crippen molar-refractivity contribution in [2.45, 2.75) is 71.0 Å². The molecule has 112 valence electrons. The first-order valence-corrected chi connectivity index (χ1v) is 8.52. The minimum atomic E-state index is 0.111. The lowest BCUT2D eigenvalue weighted by Crippen LogP contribution is -2.19. The Kier molecular flexibility index (Phi) is 8.03. The average molecular weight is 288 g/mol. The van der Waals surface area contributed by atoms with E-state index in [2.05, 4.69) is 13.8 Å². The molecule has 0 aromatic rings. The first kappa shape index (κ1) is 17.0. The predicted molar refractivity (Wildman–Crippen MR) is 80.6 cm³/mol. The summed E-state index contributed by atoms with van der Waals surface area (Å²) in [6.45, 7) is 7.36. The first-order chi connectivity index (χ1) is 9.14. The van der Waals surface area contributed by atoms with E-state index >= 15 is 0 Å². The highest BCUT2D eigenvalue weighted by atomic mass is 32.2. The zero-order chi connectivity index (χ0) is 14.1. The fourth-order valence-corrected chi connectivity index (χ4v) is 2.88. The summed E-state index contributed by atoms with van der Waals surface area (Å²) in [5.74, 6) is 0.749. The van der Waals surface area contributed by atoms with Crippen LogP contribution in [0.25, 0.3) is 0 Å². The number of ether oxygens (including phenoxy) is 2. The molecule has 1 fully saturated rings. The average Bonchev–Trinajstić information content (AvgIpc) is 3.07. The molecule has 1 aliphatic heterocycles. The fourth-order valence-electron chi connectivity index (χ4n) is 2.39. The molecule has 4 heteroatoms. The molecule has 0 amide bonds. The maximum absolute atomic E-state index is 10.8. The molecule has 1 saturated heterocycles. The summed E-state index contributed by atoms with van der Waals surface area (Å²) in [7, 11) is 0. The summed E-state index contributed by atoms with van der Waals surface area (Å²) in [6, 6.07) is 0. The Labute approximate surface area is 121 Å². The Balaban J connectivity index is 2.17. The van der Waals surface area contributed by atoms with Gasteiger partial charge in [-0.1, -0.05) is 51.3 Å². The summed E-state index contributed by atoms with van der Waals surface area (Å²) >= 11 is 1.33. The highest BCUT2D eigenvalue weighted by Crippen LogP contribution is 2.45. The zero-order valence-electron chi connectivity index (χ0n) is 12.6. The van der Waals surface area contributed by atoms with Crippen molar-refractivity contribution in [2.24, 2.45) is 0 Å². The van der Waals surface area contributed by atoms with Crippen LogP contribution in [0.5, 0.6) is 0 Å². The summed E-state index contributed by atoms with van der Waals surface area (Å²) in [5, 5.41) is 0.159. The van der Waals surface area contributed by atoms with E-state index in [4.69, 9.17) is 9.47 Å². The minimum Gasteiger partial charge on any atom is -0.378 e. The molecule has 0 bridgehead atoms. The number of carbonyl (C=O) groups is 1. The van der Waals surface area contributed by atoms with E-state index in [1.165, 1.54) is 50.3 Å². The second-order valence-corrected chi connectivity index (χ2v) is 6.57. The van der Waals surface area contributed by atoms with E-state index in [9.17, 15) is 4.79 Å². The molecular formula is C15H28O3S. The van der Waals surface area contributed by atoms with Crippen LogP contribution in [-0.2, 0) is 14.3 Å². The number of hydrogen-bond acceptors (Lipinski definition) is 4. The molecule has 1 atom stereocenters. The second-order valence-electron chi connectivity index (χ2n) is 5.29. The Bertz CT molecular complexity index is 260. The van der Waals surface area contributed by atoms with Crippen LogP contribution < -0.4 is 0 Å². The van der Waals surface area contributed by atoms with Gasteiger partial charge in [0.2, 0.25) is 0 Å². The van der Waals surface area contributed by atoms with E-state index < -0.39 is 0 Å². The molecule has 3 nitrogen and oxygen atoms in total. The lowest BCUT2D eigenvalue weighted by molar-refractivity contribution is -0.109. The van der Waals surface area contributed by atoms with Gasteiger partial charge in [0.05, 0.1) is 18.8 Å². The Morgan fingerprint density at radius 3 is 2.42 bits per heavy atom. The van der Waals surface area contributed by atoms with Gasteiger partial charge in [0, 0.05) is 12.7 Å². The predicted octanol–water partition coefficient (Wildman–Crippen LogP) is 3.80. The van der Waals surface area contributed by atoms with Crippen molar-refractivity contribution in [3.05, 3.63) is 0 Å². The standard InChI is InChI=1S/C15H28O3S/c1-4-6-8-15(9-7-5-2)14(18-15)12-17-10-11-19-13(3)16/h14H,4-12H2,1-3H3. The van der Waals surface area contributed by atoms with Crippen LogP contribution in [0.15, 0.2) is 0 Å². The lowest BCUT2D eigenvalue weighted by atomic mass is 9.92. The van der Waals surface area contributed by atoms with Gasteiger partial charge in [-0.2, -0.15) is 0 Å². The smallest absolute Gasteiger partial charge is 0.185 e. The maximum atomic E-state index is 10.8. The summed E-state index contributed by atoms with van der Waals surface area (Å²) in [5.41, 5.74) is 0.111. The van der Waals surface area contributed by atoms with Gasteiger partial charge >= 0.3 is 0 Å². The zero-order valence-corrected chi connectivity index (χ0v) is 13.4. The third-order valence-electron chi connectivity index (χ3n) is 3.62. The number of epoxide rings is 1. The monoisotopic (exact) mass is 288 g/mol. The molecular weight excluding hydrogens is 260 g/mol. The van der Waals surface area contributed by atoms with E-state index in [1.54, 1.807) is 6.92 Å². The fraction of sp³-hybridized carbons (Fsp3) is 0.933. The number of unbranched alkanes of at least 4 members (excludes halogenated alkanes) is 2. The van der Waals surface area contributed by atoms with Gasteiger partial charge < -0.3 is 9.47 Å². The van der Waals surface area contributed by atoms with Crippen molar-refractivity contribution >= 4 is 16.9 Å². The molecule has 0 radical (unpaired) electrons. The van der Waals surface area contributed by atoms with Gasteiger partial charge in [-0.3, -0.25) is 4.79 Å². The quantitative estimate of drug-likeness (QED) is 0.428. The molecule has 19 heavy (non-hydrogen) atoms. The molecule has 0 aromatic heterocycles. The van der Waals surface area contributed by atoms with Gasteiger partial charge in [-0.05, 0) is 12.8 Å². The molecule has 1 aliphatic rings. The third kappa shape index (κ3) is 6.28. The Hall–Kier alpha value is -0.0600. The molecule has 0 aromatic carbocycles. The van der Waals surface area contributed by atoms with Crippen molar-refractivity contribution in [1.82, 2.24) is 0 Å². The third-order valence-corrected chi connectivity index (χ3v) is 4.39. The molecule has 1 rings (SSSR count). The van der Waals surface area contributed by atoms with Crippen molar-refractivity contribution < 1.29 is 14.3 Å². The topological polar surface area (TPSA) is 38.8 Å². The van der Waals surface area contributed by atoms with E-state index in [1.807, 2.05) is 0 Å². The minimum absolute atomic E-state index is 0.111. The van der Waals surface area contributed by atoms with Gasteiger partial charge in [-0.25, -0.2) is 0 Å². The van der Waals surface area contributed by atoms with Crippen LogP contribution >= 0.6 is 11.8 Å². The summed E-state index contributed by atoms with van der Waals surface area (Å²) in [6.07, 6.45) is 7.54. The molecule has 0 N–H and O–H groups in total. The molecule has 0 spiro atoms. The number of carbonyl (C=O) groups excluding carboxylic acids is 1. The SMILES string of the molecule is CCCCC1(CCCC)OC1COCCSC(C)=O. The Morgan fingerprint density at radius 2 is 1.89 bits per heavy atom. The molecule has 1 unspecified atom stereocenters. The molecule has 0 aliphatic carbocycles. The van der Waals surface area contributed by atoms with Crippen molar-refractivity contribution in [2.75, 3.05) is 19.0 Å². The van der Waals surface area contributed by atoms with E-state index in [0.29, 0.717) is 13.2 Å². The number of rotatable bonds is 11. The second kappa shape index (κ2) is 8.98. The van der Waals surface area contributed by atoms with Crippen molar-refractivity contribution in [3.8, 4) is 0 Å². The normalized spacial score (nSPS) is 20.5. The Morgan fingerprint density at radius 1 is 1.26 bits per heavy atom. The van der Waals surface area contributed by atoms with Crippen molar-refractivity contribution in [3.63, 3.8) is 0 Å². The van der Waals surface area contributed by atoms with E-state index in [0.717, 1.165) is 5.75 Å². The largest absolute Gasteiger partial charge is 0.378 e. The van der Waals surface area contributed by atoms with Crippen LogP contribution in [0.3, 0.4) is 0 Å². The highest BCUT2D eigenvalue weighted by molar-refractivity contribution is 8.13. The molecule has 1 heterocycles. The molecule has 0 saturated carbocycles. The van der Waals surface area contributed by atoms with Crippen LogP contribution in [0.1, 0.15) is 59.3 Å². The highest BCUT2D eigenvalue weighted by Gasteiger charge is 2.54. The summed E-state index contributed by atoms with van der Waals surface area (Å²) < 4.78 is 11.6. The van der Waals surface area contributed by atoms with Crippen LogP contribution in [0.2, 0.25) is 0 Å². The van der Waals surface area contributed by atoms with Gasteiger partial charge in [-0.15, -0.1) is 0 Å². The van der Waals surface area contributed by atoms with Crippen LogP contribution in [-0.4, -0.2) is 35.8 Å². The van der Waals surface area contributed by atoms with Gasteiger partial charge in [0.1, 0.15) is 6.10 Å². The number of thioether (sulfide) groups is 1. The van der Waals surface area contributed by atoms with Gasteiger partial charge in [0.15, 0.2) is 5.12 Å². The van der Waals surface area contributed by atoms with Crippen LogP contribution in [0.4, 0.5) is 0 Å². The summed E-state index contributed by atoms with van der Waals surface area (Å²) in [4.78, 5) is 10.8. The lowest BCUT2D eigenvalue weighted by Gasteiger charge is -2.12. The van der Waals surface area contributed by atoms with Crippen LogP contribution in [0, 0.1) is 0 Å². The first-order valence-electron chi connectivity index (χ1n) is 7.53. The van der Waals surface area contributed by atoms with E-state index in [-0.39, 0.29) is 16.8 Å².